The van der Waals surface area contributed by atoms with Gasteiger partial charge in [0.05, 0.1) is 11.6 Å². The number of halogens is 2. The SMILES string of the molecule is N#Cc1ccc2cc(CNCC3CC(F)(F)C3)[nH]c2c1. The number of hydrogen-bond donors (Lipinski definition) is 2. The van der Waals surface area contributed by atoms with Crippen molar-refractivity contribution in [2.24, 2.45) is 5.92 Å². The number of hydrogen-bond acceptors (Lipinski definition) is 2. The molecule has 0 radical (unpaired) electrons. The summed E-state index contributed by atoms with van der Waals surface area (Å²) in [5.41, 5.74) is 2.55. The lowest BCUT2D eigenvalue weighted by Crippen LogP contribution is -2.40. The molecule has 1 aliphatic carbocycles. The van der Waals surface area contributed by atoms with Gasteiger partial charge in [-0.05, 0) is 36.0 Å². The van der Waals surface area contributed by atoms with Crippen molar-refractivity contribution >= 4 is 10.9 Å². The van der Waals surface area contributed by atoms with E-state index in [1.807, 2.05) is 18.2 Å². The topological polar surface area (TPSA) is 51.6 Å². The first kappa shape index (κ1) is 13.1. The maximum atomic E-state index is 12.7. The van der Waals surface area contributed by atoms with Crippen molar-refractivity contribution in [3.8, 4) is 6.07 Å². The van der Waals surface area contributed by atoms with Gasteiger partial charge >= 0.3 is 0 Å². The van der Waals surface area contributed by atoms with Crippen molar-refractivity contribution in [1.29, 1.82) is 5.26 Å². The highest BCUT2D eigenvalue weighted by molar-refractivity contribution is 5.81. The number of alkyl halides is 2. The summed E-state index contributed by atoms with van der Waals surface area (Å²) < 4.78 is 25.4. The number of aromatic nitrogens is 1. The predicted octanol–water partition coefficient (Wildman–Crippen LogP) is 3.17. The van der Waals surface area contributed by atoms with E-state index in [1.165, 1.54) is 0 Å². The molecule has 5 heteroatoms. The number of nitrogens with zero attached hydrogens (tertiary/aromatic N) is 1. The van der Waals surface area contributed by atoms with Crippen molar-refractivity contribution in [3.63, 3.8) is 0 Å². The van der Waals surface area contributed by atoms with Crippen LogP contribution in [0.4, 0.5) is 8.78 Å². The van der Waals surface area contributed by atoms with Crippen molar-refractivity contribution in [1.82, 2.24) is 10.3 Å². The molecule has 0 atom stereocenters. The molecule has 1 aromatic heterocycles. The van der Waals surface area contributed by atoms with Crippen LogP contribution in [-0.2, 0) is 6.54 Å². The Kier molecular flexibility index (Phi) is 3.19. The average molecular weight is 275 g/mol. The normalized spacial score (nSPS) is 17.9. The van der Waals surface area contributed by atoms with Gasteiger partial charge in [0.25, 0.3) is 0 Å². The maximum absolute atomic E-state index is 12.7. The van der Waals surface area contributed by atoms with Crippen LogP contribution in [0.25, 0.3) is 10.9 Å². The molecule has 0 saturated heterocycles. The van der Waals surface area contributed by atoms with Crippen molar-refractivity contribution in [2.45, 2.75) is 25.3 Å². The maximum Gasteiger partial charge on any atom is 0.248 e. The summed E-state index contributed by atoms with van der Waals surface area (Å²) in [7, 11) is 0. The lowest BCUT2D eigenvalue weighted by molar-refractivity contribution is -0.109. The molecule has 0 aliphatic heterocycles. The minimum atomic E-state index is -2.44. The second-order valence-corrected chi connectivity index (χ2v) is 5.47. The first-order valence-electron chi connectivity index (χ1n) is 6.66. The molecular weight excluding hydrogens is 260 g/mol. The third-order valence-electron chi connectivity index (χ3n) is 3.73. The van der Waals surface area contributed by atoms with E-state index in [-0.39, 0.29) is 18.8 Å². The number of rotatable bonds is 4. The minimum Gasteiger partial charge on any atom is -0.357 e. The number of aromatic amines is 1. The summed E-state index contributed by atoms with van der Waals surface area (Å²) in [6.07, 6.45) is -0.00351. The number of fused-ring (bicyclic) bond motifs is 1. The molecule has 0 spiro atoms. The van der Waals surface area contributed by atoms with Gasteiger partial charge in [0.15, 0.2) is 0 Å². The van der Waals surface area contributed by atoms with E-state index < -0.39 is 5.92 Å². The Morgan fingerprint density at radius 1 is 1.35 bits per heavy atom. The number of nitriles is 1. The summed E-state index contributed by atoms with van der Waals surface area (Å²) in [5, 5.41) is 13.1. The molecule has 0 amide bonds. The molecule has 104 valence electrons. The van der Waals surface area contributed by atoms with Crippen LogP contribution < -0.4 is 5.32 Å². The summed E-state index contributed by atoms with van der Waals surface area (Å²) in [5.74, 6) is -2.36. The fraction of sp³-hybridized carbons (Fsp3) is 0.400. The second-order valence-electron chi connectivity index (χ2n) is 5.47. The largest absolute Gasteiger partial charge is 0.357 e. The van der Waals surface area contributed by atoms with E-state index in [0.717, 1.165) is 16.6 Å². The highest BCUT2D eigenvalue weighted by atomic mass is 19.3. The minimum absolute atomic E-state index is 0.00175. The average Bonchev–Trinajstić information content (AvgIpc) is 2.77. The summed E-state index contributed by atoms with van der Waals surface area (Å²) in [6, 6.07) is 9.61. The van der Waals surface area contributed by atoms with Crippen LogP contribution >= 0.6 is 0 Å². The molecular formula is C15H15F2N3. The molecule has 0 bridgehead atoms. The van der Waals surface area contributed by atoms with Crippen LogP contribution in [-0.4, -0.2) is 17.5 Å². The fourth-order valence-electron chi connectivity index (χ4n) is 2.69. The van der Waals surface area contributed by atoms with Gasteiger partial charge in [-0.3, -0.25) is 0 Å². The summed E-state index contributed by atoms with van der Waals surface area (Å²) >= 11 is 0. The fourth-order valence-corrected chi connectivity index (χ4v) is 2.69. The van der Waals surface area contributed by atoms with Gasteiger partial charge in [-0.1, -0.05) is 6.07 Å². The monoisotopic (exact) mass is 275 g/mol. The molecule has 1 fully saturated rings. The van der Waals surface area contributed by atoms with Crippen LogP contribution in [0, 0.1) is 17.2 Å². The van der Waals surface area contributed by atoms with Gasteiger partial charge < -0.3 is 10.3 Å². The Balaban J connectivity index is 1.57. The van der Waals surface area contributed by atoms with E-state index in [9.17, 15) is 8.78 Å². The Labute approximate surface area is 115 Å². The van der Waals surface area contributed by atoms with E-state index >= 15 is 0 Å². The molecule has 0 unspecified atom stereocenters. The van der Waals surface area contributed by atoms with E-state index in [0.29, 0.717) is 18.7 Å². The van der Waals surface area contributed by atoms with Crippen LogP contribution in [0.15, 0.2) is 24.3 Å². The molecule has 1 heterocycles. The second kappa shape index (κ2) is 4.88. The highest BCUT2D eigenvalue weighted by Gasteiger charge is 2.44. The van der Waals surface area contributed by atoms with Gasteiger partial charge in [0.1, 0.15) is 0 Å². The van der Waals surface area contributed by atoms with E-state index in [2.05, 4.69) is 16.4 Å². The van der Waals surface area contributed by atoms with Gasteiger partial charge in [0, 0.05) is 30.6 Å². The number of nitrogens with one attached hydrogen (secondary N) is 2. The Hall–Kier alpha value is -1.93. The third kappa shape index (κ3) is 2.66. The zero-order valence-corrected chi connectivity index (χ0v) is 10.9. The van der Waals surface area contributed by atoms with Gasteiger partial charge in [0.2, 0.25) is 5.92 Å². The molecule has 3 rings (SSSR count). The van der Waals surface area contributed by atoms with Crippen LogP contribution in [0.5, 0.6) is 0 Å². The Bertz CT molecular complexity index is 661. The van der Waals surface area contributed by atoms with Gasteiger partial charge in [-0.15, -0.1) is 0 Å². The van der Waals surface area contributed by atoms with Crippen molar-refractivity contribution in [2.75, 3.05) is 6.54 Å². The van der Waals surface area contributed by atoms with Gasteiger partial charge in [-0.2, -0.15) is 5.26 Å². The molecule has 20 heavy (non-hydrogen) atoms. The predicted molar refractivity (Wildman–Crippen MR) is 72.4 cm³/mol. The first-order valence-corrected chi connectivity index (χ1v) is 6.66. The third-order valence-corrected chi connectivity index (χ3v) is 3.73. The number of benzene rings is 1. The lowest BCUT2D eigenvalue weighted by atomic mass is 9.81. The molecule has 1 saturated carbocycles. The zero-order chi connectivity index (χ0) is 14.2. The standard InChI is InChI=1S/C15H15F2N3/c16-15(17)5-11(6-15)8-19-9-13-4-12-2-1-10(7-18)3-14(12)20-13/h1-4,11,19-20H,5-6,8-9H2. The number of H-pyrrole nitrogens is 1. The quantitative estimate of drug-likeness (QED) is 0.900. The molecule has 2 aromatic rings. The summed E-state index contributed by atoms with van der Waals surface area (Å²) in [6.45, 7) is 1.24. The van der Waals surface area contributed by atoms with Crippen LogP contribution in [0.3, 0.4) is 0 Å². The van der Waals surface area contributed by atoms with Crippen LogP contribution in [0.2, 0.25) is 0 Å². The Morgan fingerprint density at radius 2 is 2.15 bits per heavy atom. The molecule has 3 nitrogen and oxygen atoms in total. The van der Waals surface area contributed by atoms with Gasteiger partial charge in [-0.25, -0.2) is 8.78 Å². The zero-order valence-electron chi connectivity index (χ0n) is 10.9. The Morgan fingerprint density at radius 3 is 2.85 bits per heavy atom. The molecule has 2 N–H and O–H groups in total. The lowest BCUT2D eigenvalue weighted by Gasteiger charge is -2.34. The first-order chi connectivity index (χ1) is 9.55. The summed E-state index contributed by atoms with van der Waals surface area (Å²) in [4.78, 5) is 3.23. The molecule has 1 aliphatic rings. The van der Waals surface area contributed by atoms with E-state index in [1.54, 1.807) is 6.07 Å². The van der Waals surface area contributed by atoms with E-state index in [4.69, 9.17) is 5.26 Å². The van der Waals surface area contributed by atoms with Crippen LogP contribution in [0.1, 0.15) is 24.1 Å². The van der Waals surface area contributed by atoms with Crippen molar-refractivity contribution < 1.29 is 8.78 Å². The smallest absolute Gasteiger partial charge is 0.248 e. The highest BCUT2D eigenvalue weighted by Crippen LogP contribution is 2.41. The van der Waals surface area contributed by atoms with Crippen molar-refractivity contribution in [3.05, 3.63) is 35.5 Å². The molecule has 1 aromatic carbocycles.